The summed E-state index contributed by atoms with van der Waals surface area (Å²) in [7, 11) is 0. The SMILES string of the molecule is CCC(C)(NCc1cn2cccc(C)c2n1)C(=O)O. The Morgan fingerprint density at radius 3 is 2.89 bits per heavy atom. The minimum absolute atomic E-state index is 0.442. The van der Waals surface area contributed by atoms with E-state index in [-0.39, 0.29) is 0 Å². The molecule has 2 aromatic rings. The molecule has 0 aliphatic rings. The number of pyridine rings is 1. The van der Waals surface area contributed by atoms with Gasteiger partial charge in [-0.25, -0.2) is 4.98 Å². The van der Waals surface area contributed by atoms with E-state index in [0.29, 0.717) is 13.0 Å². The lowest BCUT2D eigenvalue weighted by Crippen LogP contribution is -2.48. The number of nitrogens with zero attached hydrogens (tertiary/aromatic N) is 2. The maximum Gasteiger partial charge on any atom is 0.323 e. The van der Waals surface area contributed by atoms with Crippen LogP contribution in [0.4, 0.5) is 0 Å². The average molecular weight is 261 g/mol. The van der Waals surface area contributed by atoms with Crippen LogP contribution < -0.4 is 5.32 Å². The van der Waals surface area contributed by atoms with E-state index in [1.165, 1.54) is 0 Å². The van der Waals surface area contributed by atoms with Gasteiger partial charge in [-0.05, 0) is 31.9 Å². The van der Waals surface area contributed by atoms with Gasteiger partial charge in [0.2, 0.25) is 0 Å². The van der Waals surface area contributed by atoms with E-state index < -0.39 is 11.5 Å². The number of rotatable bonds is 5. The number of nitrogens with one attached hydrogen (secondary N) is 1. The molecule has 102 valence electrons. The molecule has 5 heteroatoms. The predicted molar refractivity (Wildman–Crippen MR) is 73.1 cm³/mol. The van der Waals surface area contributed by atoms with Crippen LogP contribution in [0.1, 0.15) is 31.5 Å². The third-order valence-electron chi connectivity index (χ3n) is 3.57. The predicted octanol–water partition coefficient (Wildman–Crippen LogP) is 1.99. The minimum Gasteiger partial charge on any atom is -0.480 e. The van der Waals surface area contributed by atoms with Crippen molar-refractivity contribution >= 4 is 11.6 Å². The van der Waals surface area contributed by atoms with E-state index in [0.717, 1.165) is 16.9 Å². The summed E-state index contributed by atoms with van der Waals surface area (Å²) in [5.41, 5.74) is 1.94. The lowest BCUT2D eigenvalue weighted by atomic mass is 9.99. The second kappa shape index (κ2) is 5.01. The van der Waals surface area contributed by atoms with Gasteiger partial charge in [-0.3, -0.25) is 10.1 Å². The molecule has 0 saturated carbocycles. The molecule has 0 spiro atoms. The number of carboxylic acid groups (broad SMARTS) is 1. The molecule has 1 unspecified atom stereocenters. The fourth-order valence-electron chi connectivity index (χ4n) is 1.93. The molecule has 0 aliphatic heterocycles. The van der Waals surface area contributed by atoms with Gasteiger partial charge >= 0.3 is 5.97 Å². The monoisotopic (exact) mass is 261 g/mol. The fraction of sp³-hybridized carbons (Fsp3) is 0.429. The zero-order valence-electron chi connectivity index (χ0n) is 11.5. The van der Waals surface area contributed by atoms with Crippen molar-refractivity contribution in [1.82, 2.24) is 14.7 Å². The first kappa shape index (κ1) is 13.5. The fourth-order valence-corrected chi connectivity index (χ4v) is 1.93. The summed E-state index contributed by atoms with van der Waals surface area (Å²) in [4.78, 5) is 15.7. The van der Waals surface area contributed by atoms with Crippen molar-refractivity contribution < 1.29 is 9.90 Å². The highest BCUT2D eigenvalue weighted by molar-refractivity contribution is 5.78. The van der Waals surface area contributed by atoms with Crippen molar-refractivity contribution in [2.24, 2.45) is 0 Å². The zero-order chi connectivity index (χ0) is 14.0. The van der Waals surface area contributed by atoms with Gasteiger partial charge in [0, 0.05) is 18.9 Å². The van der Waals surface area contributed by atoms with Crippen LogP contribution in [-0.2, 0) is 11.3 Å². The molecule has 19 heavy (non-hydrogen) atoms. The van der Waals surface area contributed by atoms with E-state index >= 15 is 0 Å². The Morgan fingerprint density at radius 1 is 1.58 bits per heavy atom. The lowest BCUT2D eigenvalue weighted by molar-refractivity contribution is -0.144. The molecule has 2 aromatic heterocycles. The van der Waals surface area contributed by atoms with Crippen LogP contribution in [-0.4, -0.2) is 26.0 Å². The molecule has 0 amide bonds. The zero-order valence-corrected chi connectivity index (χ0v) is 11.5. The van der Waals surface area contributed by atoms with E-state index in [1.54, 1.807) is 6.92 Å². The van der Waals surface area contributed by atoms with Gasteiger partial charge in [-0.2, -0.15) is 0 Å². The van der Waals surface area contributed by atoms with E-state index in [4.69, 9.17) is 0 Å². The van der Waals surface area contributed by atoms with Gasteiger partial charge < -0.3 is 9.51 Å². The summed E-state index contributed by atoms with van der Waals surface area (Å²) in [5.74, 6) is -0.838. The van der Waals surface area contributed by atoms with Gasteiger partial charge in [0.25, 0.3) is 0 Å². The smallest absolute Gasteiger partial charge is 0.323 e. The van der Waals surface area contributed by atoms with Crippen LogP contribution in [0, 0.1) is 6.92 Å². The Hall–Kier alpha value is -1.88. The van der Waals surface area contributed by atoms with Crippen LogP contribution in [0.3, 0.4) is 0 Å². The third kappa shape index (κ3) is 2.61. The number of aryl methyl sites for hydroxylation is 1. The number of carbonyl (C=O) groups is 1. The molecule has 1 atom stereocenters. The normalized spacial score (nSPS) is 14.5. The molecule has 0 radical (unpaired) electrons. The highest BCUT2D eigenvalue weighted by Gasteiger charge is 2.30. The highest BCUT2D eigenvalue weighted by atomic mass is 16.4. The quantitative estimate of drug-likeness (QED) is 0.863. The van der Waals surface area contributed by atoms with Crippen LogP contribution in [0.5, 0.6) is 0 Å². The maximum atomic E-state index is 11.2. The van der Waals surface area contributed by atoms with Gasteiger partial charge in [-0.15, -0.1) is 0 Å². The van der Waals surface area contributed by atoms with E-state index in [1.807, 2.05) is 42.8 Å². The van der Waals surface area contributed by atoms with Crippen LogP contribution in [0.15, 0.2) is 24.5 Å². The van der Waals surface area contributed by atoms with E-state index in [2.05, 4.69) is 10.3 Å². The first-order chi connectivity index (χ1) is 8.96. The maximum absolute atomic E-state index is 11.2. The number of hydrogen-bond donors (Lipinski definition) is 2. The number of aromatic nitrogens is 2. The number of imidazole rings is 1. The average Bonchev–Trinajstić information content (AvgIpc) is 2.80. The van der Waals surface area contributed by atoms with Crippen molar-refractivity contribution in [1.29, 1.82) is 0 Å². The molecule has 5 nitrogen and oxygen atoms in total. The third-order valence-corrected chi connectivity index (χ3v) is 3.57. The standard InChI is InChI=1S/C14H19N3O2/c1-4-14(3,13(18)19)15-8-11-9-17-7-5-6-10(2)12(17)16-11/h5-7,9,15H,4,8H2,1-3H3,(H,18,19). The molecule has 0 aliphatic carbocycles. The molecule has 0 bridgehead atoms. The van der Waals surface area contributed by atoms with Crippen LogP contribution in [0.25, 0.3) is 5.65 Å². The minimum atomic E-state index is -0.912. The topological polar surface area (TPSA) is 66.6 Å². The summed E-state index contributed by atoms with van der Waals surface area (Å²) < 4.78 is 1.95. The largest absolute Gasteiger partial charge is 0.480 e. The summed E-state index contributed by atoms with van der Waals surface area (Å²) in [6.45, 7) is 6.00. The summed E-state index contributed by atoms with van der Waals surface area (Å²) >= 11 is 0. The Bertz CT molecular complexity index is 606. The molecular formula is C14H19N3O2. The highest BCUT2D eigenvalue weighted by Crippen LogP contribution is 2.13. The number of carboxylic acids is 1. The summed E-state index contributed by atoms with van der Waals surface area (Å²) in [6.07, 6.45) is 4.39. The second-order valence-electron chi connectivity index (χ2n) is 5.00. The van der Waals surface area contributed by atoms with Crippen LogP contribution in [0.2, 0.25) is 0 Å². The summed E-state index contributed by atoms with van der Waals surface area (Å²) in [6, 6.07) is 3.97. The Labute approximate surface area is 112 Å². The van der Waals surface area contributed by atoms with Gasteiger partial charge in [0.1, 0.15) is 11.2 Å². The van der Waals surface area contributed by atoms with Gasteiger partial charge in [0.05, 0.1) is 5.69 Å². The Morgan fingerprint density at radius 2 is 2.32 bits per heavy atom. The van der Waals surface area contributed by atoms with E-state index in [9.17, 15) is 9.90 Å². The second-order valence-corrected chi connectivity index (χ2v) is 5.00. The summed E-state index contributed by atoms with van der Waals surface area (Å²) in [5, 5.41) is 12.3. The molecule has 2 rings (SSSR count). The number of aliphatic carboxylic acids is 1. The van der Waals surface area contributed by atoms with Crippen molar-refractivity contribution in [3.8, 4) is 0 Å². The van der Waals surface area contributed by atoms with Crippen molar-refractivity contribution in [2.75, 3.05) is 0 Å². The van der Waals surface area contributed by atoms with Crippen LogP contribution >= 0.6 is 0 Å². The molecule has 2 heterocycles. The number of hydrogen-bond acceptors (Lipinski definition) is 3. The first-order valence-corrected chi connectivity index (χ1v) is 6.38. The number of fused-ring (bicyclic) bond motifs is 1. The molecular weight excluding hydrogens is 242 g/mol. The Kier molecular flexibility index (Phi) is 3.57. The van der Waals surface area contributed by atoms with Gasteiger partial charge in [-0.1, -0.05) is 13.0 Å². The molecule has 0 saturated heterocycles. The van der Waals surface area contributed by atoms with Crippen molar-refractivity contribution in [2.45, 2.75) is 39.3 Å². The van der Waals surface area contributed by atoms with Gasteiger partial charge in [0.15, 0.2) is 0 Å². The lowest BCUT2D eigenvalue weighted by Gasteiger charge is -2.24. The molecule has 0 fully saturated rings. The van der Waals surface area contributed by atoms with Crippen molar-refractivity contribution in [3.05, 3.63) is 35.8 Å². The molecule has 2 N–H and O–H groups in total. The molecule has 0 aromatic carbocycles. The Balaban J connectivity index is 2.18. The first-order valence-electron chi connectivity index (χ1n) is 6.38. The van der Waals surface area contributed by atoms with Crippen molar-refractivity contribution in [3.63, 3.8) is 0 Å².